The van der Waals surface area contributed by atoms with E-state index in [2.05, 4.69) is 42.7 Å². The molecule has 17 heavy (non-hydrogen) atoms. The van der Waals surface area contributed by atoms with Crippen LogP contribution in [0.1, 0.15) is 5.56 Å². The lowest BCUT2D eigenvalue weighted by Gasteiger charge is -1.83. The zero-order chi connectivity index (χ0) is 13.7. The van der Waals surface area contributed by atoms with Crippen LogP contribution < -0.4 is 22.5 Å². The van der Waals surface area contributed by atoms with Crippen LogP contribution in [0.3, 0.4) is 0 Å². The topological polar surface area (TPSA) is 130 Å². The Morgan fingerprint density at radius 3 is 1.82 bits per heavy atom. The van der Waals surface area contributed by atoms with Crippen molar-refractivity contribution in [1.29, 1.82) is 0 Å². The van der Waals surface area contributed by atoms with Gasteiger partial charge in [-0.05, 0) is 30.5 Å². The highest BCUT2D eigenvalue weighted by Crippen LogP contribution is 1.98. The zero-order valence-corrected chi connectivity index (χ0v) is 10.4. The second-order valence-electron chi connectivity index (χ2n) is 2.16. The van der Waals surface area contributed by atoms with E-state index in [1.165, 1.54) is 0 Å². The summed E-state index contributed by atoms with van der Waals surface area (Å²) in [6, 6.07) is 1.85. The van der Waals surface area contributed by atoms with Crippen molar-refractivity contribution in [1.82, 2.24) is 10.9 Å². The molecule has 0 aliphatic carbocycles. The van der Waals surface area contributed by atoms with Crippen molar-refractivity contribution in [3.63, 3.8) is 0 Å². The first kappa shape index (κ1) is 17.7. The molecule has 8 N–H and O–H groups in total. The number of hydrogen-bond donors (Lipinski definition) is 6. The van der Waals surface area contributed by atoms with E-state index in [1.54, 1.807) is 18.6 Å². The molecule has 96 valence electrons. The van der Waals surface area contributed by atoms with Crippen LogP contribution >= 0.6 is 24.4 Å². The smallest absolute Gasteiger partial charge is 0.268 e. The van der Waals surface area contributed by atoms with Gasteiger partial charge in [-0.1, -0.05) is 12.7 Å². The van der Waals surface area contributed by atoms with Gasteiger partial charge >= 0.3 is 0 Å². The number of rotatable bonds is 1. The molecular formula is C8H14N4O3S2. The monoisotopic (exact) mass is 278 g/mol. The van der Waals surface area contributed by atoms with Gasteiger partial charge in [0.2, 0.25) is 0 Å². The third kappa shape index (κ3) is 17.0. The SMILES string of the molecule is C=Cc1ccoc1.NNC(O)=S.NNC(O)=S. The van der Waals surface area contributed by atoms with Crippen LogP contribution in [0.4, 0.5) is 0 Å². The van der Waals surface area contributed by atoms with Crippen molar-refractivity contribution < 1.29 is 14.6 Å². The molecule has 0 spiro atoms. The quantitative estimate of drug-likeness (QED) is 0.247. The lowest BCUT2D eigenvalue weighted by Crippen LogP contribution is -2.27. The Kier molecular flexibility index (Phi) is 12.9. The molecule has 1 aromatic heterocycles. The second-order valence-corrected chi connectivity index (χ2v) is 2.93. The number of nitrogens with one attached hydrogen (secondary N) is 2. The van der Waals surface area contributed by atoms with Gasteiger partial charge in [-0.3, -0.25) is 10.9 Å². The van der Waals surface area contributed by atoms with E-state index < -0.39 is 0 Å². The van der Waals surface area contributed by atoms with E-state index in [0.717, 1.165) is 5.56 Å². The summed E-state index contributed by atoms with van der Waals surface area (Å²) in [6.07, 6.45) is 5.01. The molecule has 0 aliphatic rings. The molecule has 0 saturated heterocycles. The molecule has 0 atom stereocenters. The number of hydrogen-bond acceptors (Lipinski definition) is 5. The minimum absolute atomic E-state index is 0.384. The minimum atomic E-state index is -0.384. The van der Waals surface area contributed by atoms with Gasteiger partial charge in [0.15, 0.2) is 0 Å². The first-order chi connectivity index (χ1) is 7.97. The highest BCUT2D eigenvalue weighted by molar-refractivity contribution is 7.80. The van der Waals surface area contributed by atoms with E-state index in [9.17, 15) is 0 Å². The first-order valence-corrected chi connectivity index (χ1v) is 4.83. The Hall–Kier alpha value is -1.68. The molecule has 1 heterocycles. The number of nitrogens with two attached hydrogens (primary N) is 2. The van der Waals surface area contributed by atoms with E-state index in [1.807, 2.05) is 16.9 Å². The maximum Gasteiger partial charge on any atom is 0.268 e. The van der Waals surface area contributed by atoms with Crippen LogP contribution in [0.25, 0.3) is 6.08 Å². The van der Waals surface area contributed by atoms with Crippen LogP contribution in [0, 0.1) is 0 Å². The van der Waals surface area contributed by atoms with Gasteiger partial charge in [0.25, 0.3) is 10.3 Å². The third-order valence-electron chi connectivity index (χ3n) is 1.03. The Bertz CT molecular complexity index is 316. The van der Waals surface area contributed by atoms with E-state index in [4.69, 9.17) is 14.6 Å². The van der Waals surface area contributed by atoms with Gasteiger partial charge in [0, 0.05) is 5.56 Å². The van der Waals surface area contributed by atoms with Gasteiger partial charge in [-0.25, -0.2) is 11.7 Å². The fourth-order valence-corrected chi connectivity index (χ4v) is 0.391. The second kappa shape index (κ2) is 12.4. The number of aliphatic hydroxyl groups is 2. The Morgan fingerprint density at radius 1 is 1.29 bits per heavy atom. The summed E-state index contributed by atoms with van der Waals surface area (Å²) in [5.41, 5.74) is 4.66. The number of hydrazine groups is 2. The maximum absolute atomic E-state index is 7.86. The van der Waals surface area contributed by atoms with Gasteiger partial charge in [-0.2, -0.15) is 0 Å². The number of aliphatic hydroxyl groups excluding tert-OH is 2. The van der Waals surface area contributed by atoms with Crippen LogP contribution in [-0.4, -0.2) is 20.6 Å². The highest BCUT2D eigenvalue weighted by atomic mass is 32.1. The fraction of sp³-hybridized carbons (Fsp3) is 0. The fourth-order valence-electron chi connectivity index (χ4n) is 0.391. The largest absolute Gasteiger partial charge is 0.486 e. The minimum Gasteiger partial charge on any atom is -0.486 e. The van der Waals surface area contributed by atoms with Gasteiger partial charge in [-0.15, -0.1) is 0 Å². The normalized spacial score (nSPS) is 7.41. The predicted molar refractivity (Wildman–Crippen MR) is 73.9 cm³/mol. The van der Waals surface area contributed by atoms with Crippen molar-refractivity contribution in [3.05, 3.63) is 30.7 Å². The summed E-state index contributed by atoms with van der Waals surface area (Å²) in [5.74, 6) is 9.06. The van der Waals surface area contributed by atoms with Crippen LogP contribution in [0.5, 0.6) is 0 Å². The van der Waals surface area contributed by atoms with E-state index >= 15 is 0 Å². The molecule has 1 aromatic rings. The molecule has 0 aromatic carbocycles. The first-order valence-electron chi connectivity index (χ1n) is 4.01. The molecule has 0 aliphatic heterocycles. The molecule has 0 fully saturated rings. The molecular weight excluding hydrogens is 264 g/mol. The molecule has 0 amide bonds. The van der Waals surface area contributed by atoms with Crippen LogP contribution in [0.2, 0.25) is 0 Å². The summed E-state index contributed by atoms with van der Waals surface area (Å²) in [7, 11) is 0. The van der Waals surface area contributed by atoms with Gasteiger partial charge in [0.05, 0.1) is 12.5 Å². The Morgan fingerprint density at radius 2 is 1.71 bits per heavy atom. The number of thiocarbonyl (C=S) groups is 2. The maximum atomic E-state index is 7.86. The standard InChI is InChI=1S/C6H6O.2CH4N2OS/c1-2-6-3-4-7-5-6;2*2-3-1(4)5/h2-5H,1H2;2*2H2,(H2,3,4,5). The zero-order valence-electron chi connectivity index (χ0n) is 8.79. The molecule has 0 unspecified atom stereocenters. The summed E-state index contributed by atoms with van der Waals surface area (Å²) in [6.45, 7) is 3.54. The lowest BCUT2D eigenvalue weighted by molar-refractivity contribution is 0.534. The highest BCUT2D eigenvalue weighted by Gasteiger charge is 1.79. The third-order valence-corrected chi connectivity index (χ3v) is 1.26. The van der Waals surface area contributed by atoms with Crippen LogP contribution in [0.15, 0.2) is 29.6 Å². The molecule has 0 bridgehead atoms. The van der Waals surface area contributed by atoms with Crippen LogP contribution in [-0.2, 0) is 0 Å². The molecule has 0 saturated carbocycles. The summed E-state index contributed by atoms with van der Waals surface area (Å²) in [5, 5.41) is 14.9. The predicted octanol–water partition coefficient (Wildman–Crippen LogP) is 0.508. The summed E-state index contributed by atoms with van der Waals surface area (Å²) < 4.78 is 4.73. The summed E-state index contributed by atoms with van der Waals surface area (Å²) in [4.78, 5) is 0. The lowest BCUT2D eigenvalue weighted by atomic mass is 10.3. The molecule has 1 rings (SSSR count). The van der Waals surface area contributed by atoms with Crippen molar-refractivity contribution in [2.75, 3.05) is 0 Å². The number of furan rings is 1. The van der Waals surface area contributed by atoms with Gasteiger partial charge < -0.3 is 14.6 Å². The van der Waals surface area contributed by atoms with Crippen molar-refractivity contribution in [2.24, 2.45) is 11.7 Å². The van der Waals surface area contributed by atoms with E-state index in [0.29, 0.717) is 0 Å². The Labute approximate surface area is 109 Å². The average Bonchev–Trinajstić information content (AvgIpc) is 2.83. The Balaban J connectivity index is 0. The van der Waals surface area contributed by atoms with Crippen molar-refractivity contribution >= 4 is 40.9 Å². The molecule has 9 heteroatoms. The average molecular weight is 278 g/mol. The van der Waals surface area contributed by atoms with E-state index in [-0.39, 0.29) is 10.3 Å². The molecule has 7 nitrogen and oxygen atoms in total. The van der Waals surface area contributed by atoms with Gasteiger partial charge in [0.1, 0.15) is 0 Å². The van der Waals surface area contributed by atoms with Crippen molar-refractivity contribution in [3.8, 4) is 0 Å². The van der Waals surface area contributed by atoms with Crippen molar-refractivity contribution in [2.45, 2.75) is 0 Å². The molecule has 0 radical (unpaired) electrons. The summed E-state index contributed by atoms with van der Waals surface area (Å²) >= 11 is 8.03.